The third-order valence-corrected chi connectivity index (χ3v) is 4.40. The van der Waals surface area contributed by atoms with Gasteiger partial charge in [0.05, 0.1) is 6.54 Å². The van der Waals surface area contributed by atoms with Crippen molar-refractivity contribution in [1.29, 1.82) is 0 Å². The van der Waals surface area contributed by atoms with Crippen molar-refractivity contribution in [1.82, 2.24) is 20.4 Å². The van der Waals surface area contributed by atoms with E-state index < -0.39 is 0 Å². The molecular formula is C17H36IN5. The maximum atomic E-state index is 4.84. The van der Waals surface area contributed by atoms with Crippen LogP contribution in [0.1, 0.15) is 47.5 Å². The topological polar surface area (TPSA) is 42.9 Å². The zero-order chi connectivity index (χ0) is 16.2. The summed E-state index contributed by atoms with van der Waals surface area (Å²) in [5.41, 5.74) is 0.0523. The average Bonchev–Trinajstić information content (AvgIpc) is 3.27. The van der Waals surface area contributed by atoms with Crippen LogP contribution in [0, 0.1) is 0 Å². The molecule has 0 bridgehead atoms. The van der Waals surface area contributed by atoms with Crippen molar-refractivity contribution < 1.29 is 0 Å². The molecular weight excluding hydrogens is 401 g/mol. The minimum atomic E-state index is 0. The summed E-state index contributed by atoms with van der Waals surface area (Å²) in [7, 11) is 0. The van der Waals surface area contributed by atoms with Crippen LogP contribution in [0.5, 0.6) is 0 Å². The normalized spacial score (nSPS) is 22.4. The Hall–Kier alpha value is -0.0800. The molecule has 0 aromatic carbocycles. The van der Waals surface area contributed by atoms with Crippen LogP contribution < -0.4 is 10.6 Å². The quantitative estimate of drug-likeness (QED) is 0.393. The zero-order valence-corrected chi connectivity index (χ0v) is 17.9. The van der Waals surface area contributed by atoms with Gasteiger partial charge in [-0.05, 0) is 47.1 Å². The lowest BCUT2D eigenvalue weighted by Crippen LogP contribution is -2.51. The second-order valence-corrected chi connectivity index (χ2v) is 7.80. The highest BCUT2D eigenvalue weighted by Gasteiger charge is 2.25. The van der Waals surface area contributed by atoms with Gasteiger partial charge in [-0.2, -0.15) is 0 Å². The van der Waals surface area contributed by atoms with Crippen LogP contribution in [0.4, 0.5) is 0 Å². The summed E-state index contributed by atoms with van der Waals surface area (Å²) in [6.07, 6.45) is 2.55. The Balaban J connectivity index is 0.00000264. The highest BCUT2D eigenvalue weighted by molar-refractivity contribution is 14.0. The molecule has 1 saturated heterocycles. The number of hydrogen-bond acceptors (Lipinski definition) is 3. The molecule has 0 amide bonds. The molecule has 0 spiro atoms. The number of guanidine groups is 1. The minimum Gasteiger partial charge on any atom is -0.354 e. The molecule has 5 nitrogen and oxygen atoms in total. The lowest BCUT2D eigenvalue weighted by atomic mass is 10.1. The number of hydrogen-bond donors (Lipinski definition) is 2. The summed E-state index contributed by atoms with van der Waals surface area (Å²) in [5, 5.41) is 7.05. The van der Waals surface area contributed by atoms with E-state index in [9.17, 15) is 0 Å². The predicted molar refractivity (Wildman–Crippen MR) is 110 cm³/mol. The summed E-state index contributed by atoms with van der Waals surface area (Å²) in [6, 6.07) is 1.15. The number of nitrogens with zero attached hydrogens (tertiary/aromatic N) is 3. The molecule has 2 rings (SSSR count). The van der Waals surface area contributed by atoms with Gasteiger partial charge in [-0.15, -0.1) is 24.0 Å². The number of aliphatic imine (C=N–C) groups is 1. The third kappa shape index (κ3) is 8.03. The molecule has 1 aliphatic heterocycles. The van der Waals surface area contributed by atoms with Gasteiger partial charge in [-0.25, -0.2) is 0 Å². The average molecular weight is 437 g/mol. The Morgan fingerprint density at radius 3 is 2.26 bits per heavy atom. The van der Waals surface area contributed by atoms with Crippen molar-refractivity contribution in [2.24, 2.45) is 4.99 Å². The molecule has 0 radical (unpaired) electrons. The number of piperazine rings is 1. The first-order valence-electron chi connectivity index (χ1n) is 8.93. The Kier molecular flexibility index (Phi) is 8.58. The van der Waals surface area contributed by atoms with Gasteiger partial charge in [-0.3, -0.25) is 9.89 Å². The fraction of sp³-hybridized carbons (Fsp3) is 0.941. The summed E-state index contributed by atoms with van der Waals surface area (Å²) in [5.74, 6) is 0.981. The van der Waals surface area contributed by atoms with Crippen molar-refractivity contribution in [3.63, 3.8) is 0 Å². The first-order valence-corrected chi connectivity index (χ1v) is 8.93. The first kappa shape index (κ1) is 21.0. The zero-order valence-electron chi connectivity index (χ0n) is 15.6. The molecule has 2 fully saturated rings. The third-order valence-electron chi connectivity index (χ3n) is 4.40. The van der Waals surface area contributed by atoms with Crippen LogP contribution in [0.25, 0.3) is 0 Å². The van der Waals surface area contributed by atoms with Gasteiger partial charge in [0.25, 0.3) is 0 Å². The van der Waals surface area contributed by atoms with Gasteiger partial charge in [-0.1, -0.05) is 6.92 Å². The SMILES string of the molecule is CCN1CCN(C(C)CN=C(NC2CC2)NC(C)(C)C)CC1.I. The molecule has 1 saturated carbocycles. The van der Waals surface area contributed by atoms with E-state index in [2.05, 4.69) is 55.1 Å². The van der Waals surface area contributed by atoms with Crippen molar-refractivity contribution in [2.75, 3.05) is 39.3 Å². The van der Waals surface area contributed by atoms with Crippen LogP contribution in [0.2, 0.25) is 0 Å². The van der Waals surface area contributed by atoms with E-state index in [1.165, 1.54) is 45.6 Å². The summed E-state index contributed by atoms with van der Waals surface area (Å²) in [6.45, 7) is 17.9. The number of halogens is 1. The largest absolute Gasteiger partial charge is 0.354 e. The Morgan fingerprint density at radius 2 is 1.78 bits per heavy atom. The van der Waals surface area contributed by atoms with Gasteiger partial charge in [0.15, 0.2) is 5.96 Å². The summed E-state index contributed by atoms with van der Waals surface area (Å²) < 4.78 is 0. The van der Waals surface area contributed by atoms with Crippen molar-refractivity contribution in [3.8, 4) is 0 Å². The van der Waals surface area contributed by atoms with Crippen LogP contribution >= 0.6 is 24.0 Å². The van der Waals surface area contributed by atoms with Crippen LogP contribution in [0.3, 0.4) is 0 Å². The Labute approximate surface area is 159 Å². The number of likely N-dealkylation sites (N-methyl/N-ethyl adjacent to an activating group) is 1. The molecule has 6 heteroatoms. The maximum absolute atomic E-state index is 4.84. The minimum absolute atomic E-state index is 0. The van der Waals surface area contributed by atoms with E-state index in [1.54, 1.807) is 0 Å². The molecule has 2 N–H and O–H groups in total. The molecule has 23 heavy (non-hydrogen) atoms. The van der Waals surface area contributed by atoms with Crippen molar-refractivity contribution in [3.05, 3.63) is 0 Å². The number of nitrogens with one attached hydrogen (secondary N) is 2. The predicted octanol–water partition coefficient (Wildman–Crippen LogP) is 2.13. The molecule has 136 valence electrons. The van der Waals surface area contributed by atoms with Crippen molar-refractivity contribution in [2.45, 2.75) is 65.1 Å². The summed E-state index contributed by atoms with van der Waals surface area (Å²) >= 11 is 0. The fourth-order valence-corrected chi connectivity index (χ4v) is 2.76. The van der Waals surface area contributed by atoms with E-state index in [-0.39, 0.29) is 29.5 Å². The highest BCUT2D eigenvalue weighted by Crippen LogP contribution is 2.18. The van der Waals surface area contributed by atoms with Crippen molar-refractivity contribution >= 4 is 29.9 Å². The van der Waals surface area contributed by atoms with Crippen LogP contribution in [-0.4, -0.2) is 72.7 Å². The standard InChI is InChI=1S/C17H35N5.HI/c1-6-21-9-11-22(12-10-21)14(2)13-18-16(19-15-7-8-15)20-17(3,4)5;/h14-15H,6-13H2,1-5H3,(H2,18,19,20);1H. The summed E-state index contributed by atoms with van der Waals surface area (Å²) in [4.78, 5) is 9.94. The lowest BCUT2D eigenvalue weighted by molar-refractivity contribution is 0.109. The van der Waals surface area contributed by atoms with Gasteiger partial charge in [0.2, 0.25) is 0 Å². The van der Waals surface area contributed by atoms with Gasteiger partial charge < -0.3 is 15.5 Å². The maximum Gasteiger partial charge on any atom is 0.191 e. The monoisotopic (exact) mass is 437 g/mol. The fourth-order valence-electron chi connectivity index (χ4n) is 2.76. The van der Waals surface area contributed by atoms with E-state index >= 15 is 0 Å². The van der Waals surface area contributed by atoms with E-state index in [0.29, 0.717) is 12.1 Å². The molecule has 1 unspecified atom stereocenters. The molecule has 2 aliphatic rings. The van der Waals surface area contributed by atoms with E-state index in [0.717, 1.165) is 12.5 Å². The highest BCUT2D eigenvalue weighted by atomic mass is 127. The molecule has 0 aromatic heterocycles. The van der Waals surface area contributed by atoms with Gasteiger partial charge in [0.1, 0.15) is 0 Å². The Bertz CT molecular complexity index is 368. The van der Waals surface area contributed by atoms with E-state index in [4.69, 9.17) is 4.99 Å². The smallest absolute Gasteiger partial charge is 0.191 e. The second-order valence-electron chi connectivity index (χ2n) is 7.80. The van der Waals surface area contributed by atoms with E-state index in [1.807, 2.05) is 0 Å². The Morgan fingerprint density at radius 1 is 1.17 bits per heavy atom. The molecule has 0 aromatic rings. The molecule has 1 atom stereocenters. The first-order chi connectivity index (χ1) is 10.4. The van der Waals surface area contributed by atoms with Crippen LogP contribution in [-0.2, 0) is 0 Å². The lowest BCUT2D eigenvalue weighted by Gasteiger charge is -2.37. The molecule has 1 heterocycles. The van der Waals surface area contributed by atoms with Gasteiger partial charge in [0, 0.05) is 43.8 Å². The number of rotatable bonds is 5. The van der Waals surface area contributed by atoms with Gasteiger partial charge >= 0.3 is 0 Å². The van der Waals surface area contributed by atoms with Crippen LogP contribution in [0.15, 0.2) is 4.99 Å². The second kappa shape index (κ2) is 9.42. The molecule has 1 aliphatic carbocycles.